The van der Waals surface area contributed by atoms with Gasteiger partial charge in [-0.3, -0.25) is 4.98 Å². The molecular weight excluding hydrogens is 345 g/mol. The Morgan fingerprint density at radius 3 is 2.42 bits per heavy atom. The molecule has 3 aromatic heterocycles. The molecule has 0 unspecified atom stereocenters. The van der Waals surface area contributed by atoms with Crippen molar-refractivity contribution in [1.29, 1.82) is 0 Å². The van der Waals surface area contributed by atoms with Crippen LogP contribution in [0.25, 0.3) is 22.4 Å². The molecule has 0 fully saturated rings. The third kappa shape index (κ3) is 2.68. The van der Waals surface area contributed by atoms with Crippen molar-refractivity contribution in [2.45, 2.75) is 0 Å². The van der Waals surface area contributed by atoms with Crippen LogP contribution < -0.4 is 5.32 Å². The first-order chi connectivity index (χ1) is 11.7. The third-order valence-electron chi connectivity index (χ3n) is 3.54. The predicted octanol–water partition coefficient (Wildman–Crippen LogP) is 5.07. The van der Waals surface area contributed by atoms with E-state index in [0.29, 0.717) is 32.8 Å². The summed E-state index contributed by atoms with van der Waals surface area (Å²) in [5.41, 5.74) is 3.10. The van der Waals surface area contributed by atoms with Crippen LogP contribution in [0.1, 0.15) is 0 Å². The number of rotatable bonds is 3. The average Bonchev–Trinajstić information content (AvgIpc) is 3.00. The molecule has 7 heteroatoms. The number of hydrogen-bond donors (Lipinski definition) is 2. The summed E-state index contributed by atoms with van der Waals surface area (Å²) in [6.07, 6.45) is 5.13. The average molecular weight is 356 g/mol. The lowest BCUT2D eigenvalue weighted by Gasteiger charge is -2.04. The number of aromatic amines is 1. The van der Waals surface area contributed by atoms with E-state index in [2.05, 4.69) is 25.3 Å². The highest BCUT2D eigenvalue weighted by Gasteiger charge is 2.15. The summed E-state index contributed by atoms with van der Waals surface area (Å²) in [5, 5.41) is 4.32. The van der Waals surface area contributed by atoms with Crippen LogP contribution in [0.2, 0.25) is 10.0 Å². The summed E-state index contributed by atoms with van der Waals surface area (Å²) in [5.74, 6) is 1.25. The van der Waals surface area contributed by atoms with Gasteiger partial charge in [-0.25, -0.2) is 9.97 Å². The van der Waals surface area contributed by atoms with Crippen molar-refractivity contribution in [3.63, 3.8) is 0 Å². The molecular formula is C17H11Cl2N5. The number of nitrogens with one attached hydrogen (secondary N) is 2. The van der Waals surface area contributed by atoms with E-state index in [1.807, 2.05) is 18.2 Å². The molecule has 2 N–H and O–H groups in total. The number of aromatic nitrogens is 4. The number of H-pyrrole nitrogens is 1. The van der Waals surface area contributed by atoms with Crippen molar-refractivity contribution in [2.75, 3.05) is 5.32 Å². The highest BCUT2D eigenvalue weighted by molar-refractivity contribution is 6.39. The van der Waals surface area contributed by atoms with Gasteiger partial charge in [0.2, 0.25) is 0 Å². The maximum atomic E-state index is 6.28. The zero-order valence-corrected chi connectivity index (χ0v) is 13.8. The Balaban J connectivity index is 1.83. The molecule has 5 nitrogen and oxygen atoms in total. The van der Waals surface area contributed by atoms with Gasteiger partial charge in [-0.1, -0.05) is 29.3 Å². The molecule has 0 aliphatic heterocycles. The molecule has 3 heterocycles. The fourth-order valence-corrected chi connectivity index (χ4v) is 3.02. The highest BCUT2D eigenvalue weighted by atomic mass is 35.5. The summed E-state index contributed by atoms with van der Waals surface area (Å²) >= 11 is 12.6. The van der Waals surface area contributed by atoms with E-state index in [-0.39, 0.29) is 0 Å². The molecule has 0 radical (unpaired) electrons. The van der Waals surface area contributed by atoms with E-state index >= 15 is 0 Å². The molecule has 0 aliphatic rings. The van der Waals surface area contributed by atoms with Gasteiger partial charge >= 0.3 is 0 Å². The lowest BCUT2D eigenvalue weighted by atomic mass is 10.2. The minimum absolute atomic E-state index is 0.540. The summed E-state index contributed by atoms with van der Waals surface area (Å²) in [4.78, 5) is 16.3. The largest absolute Gasteiger partial charge is 0.338 e. The Kier molecular flexibility index (Phi) is 3.80. The number of nitrogens with zero attached hydrogens (tertiary/aromatic N) is 3. The number of imidazole rings is 1. The first-order valence-electron chi connectivity index (χ1n) is 7.18. The fourth-order valence-electron chi connectivity index (χ4n) is 2.44. The molecule has 24 heavy (non-hydrogen) atoms. The van der Waals surface area contributed by atoms with E-state index in [1.165, 1.54) is 0 Å². The maximum Gasteiger partial charge on any atom is 0.158 e. The van der Waals surface area contributed by atoms with Crippen molar-refractivity contribution in [3.8, 4) is 11.4 Å². The molecule has 0 atom stereocenters. The molecule has 4 rings (SSSR count). The second-order valence-corrected chi connectivity index (χ2v) is 5.91. The number of anilines is 2. The van der Waals surface area contributed by atoms with Gasteiger partial charge in [0.25, 0.3) is 0 Å². The van der Waals surface area contributed by atoms with E-state index in [4.69, 9.17) is 23.2 Å². The summed E-state index contributed by atoms with van der Waals surface area (Å²) in [7, 11) is 0. The van der Waals surface area contributed by atoms with Crippen molar-refractivity contribution in [2.24, 2.45) is 0 Å². The SMILES string of the molecule is Clc1cccc(Cl)c1-c1nc2c(Nc3ccncc3)nccc2[nH]1. The van der Waals surface area contributed by atoms with Crippen LogP contribution in [0.5, 0.6) is 0 Å². The number of pyridine rings is 2. The molecule has 0 aliphatic carbocycles. The first kappa shape index (κ1) is 14.9. The standard InChI is InChI=1S/C17H11Cl2N5/c18-11-2-1-3-12(19)14(11)16-23-13-6-9-21-17(15(13)24-16)22-10-4-7-20-8-5-10/h1-9H,(H,23,24)(H,20,21,22). The normalized spacial score (nSPS) is 10.9. The maximum absolute atomic E-state index is 6.28. The minimum atomic E-state index is 0.540. The van der Waals surface area contributed by atoms with Crippen LogP contribution in [0.4, 0.5) is 11.5 Å². The van der Waals surface area contributed by atoms with Crippen LogP contribution >= 0.6 is 23.2 Å². The van der Waals surface area contributed by atoms with Crippen LogP contribution in [-0.4, -0.2) is 19.9 Å². The van der Waals surface area contributed by atoms with Gasteiger partial charge in [-0.2, -0.15) is 0 Å². The van der Waals surface area contributed by atoms with Gasteiger partial charge in [0.1, 0.15) is 11.3 Å². The molecule has 0 saturated carbocycles. The van der Waals surface area contributed by atoms with Crippen molar-refractivity contribution >= 4 is 45.7 Å². The van der Waals surface area contributed by atoms with Crippen molar-refractivity contribution < 1.29 is 0 Å². The van der Waals surface area contributed by atoms with Gasteiger partial charge in [0.15, 0.2) is 5.82 Å². The molecule has 0 spiro atoms. The lowest BCUT2D eigenvalue weighted by Crippen LogP contribution is -1.94. The minimum Gasteiger partial charge on any atom is -0.338 e. The molecule has 0 bridgehead atoms. The quantitative estimate of drug-likeness (QED) is 0.538. The summed E-state index contributed by atoms with van der Waals surface area (Å²) in [6, 6.07) is 10.9. The van der Waals surface area contributed by atoms with Crippen LogP contribution in [0, 0.1) is 0 Å². The Bertz CT molecular complexity index is 994. The second-order valence-electron chi connectivity index (χ2n) is 5.10. The Hall–Kier alpha value is -2.63. The monoisotopic (exact) mass is 355 g/mol. The number of halogens is 2. The lowest BCUT2D eigenvalue weighted by molar-refractivity contribution is 1.29. The van der Waals surface area contributed by atoms with Gasteiger partial charge in [-0.05, 0) is 30.3 Å². The van der Waals surface area contributed by atoms with Gasteiger partial charge < -0.3 is 10.3 Å². The van der Waals surface area contributed by atoms with E-state index in [0.717, 1.165) is 11.2 Å². The van der Waals surface area contributed by atoms with Crippen molar-refractivity contribution in [1.82, 2.24) is 19.9 Å². The van der Waals surface area contributed by atoms with E-state index < -0.39 is 0 Å². The molecule has 4 aromatic rings. The highest BCUT2D eigenvalue weighted by Crippen LogP contribution is 2.34. The Morgan fingerprint density at radius 1 is 0.917 bits per heavy atom. The fraction of sp³-hybridized carbons (Fsp3) is 0. The number of fused-ring (bicyclic) bond motifs is 1. The zero-order chi connectivity index (χ0) is 16.5. The summed E-state index contributed by atoms with van der Waals surface area (Å²) in [6.45, 7) is 0. The van der Waals surface area contributed by atoms with Crippen LogP contribution in [0.3, 0.4) is 0 Å². The van der Waals surface area contributed by atoms with Crippen molar-refractivity contribution in [3.05, 3.63) is 65.0 Å². The Morgan fingerprint density at radius 2 is 1.67 bits per heavy atom. The summed E-state index contributed by atoms with van der Waals surface area (Å²) < 4.78 is 0. The van der Waals surface area contributed by atoms with Gasteiger partial charge in [-0.15, -0.1) is 0 Å². The molecule has 0 amide bonds. The zero-order valence-electron chi connectivity index (χ0n) is 12.3. The van der Waals surface area contributed by atoms with E-state index in [9.17, 15) is 0 Å². The topological polar surface area (TPSA) is 66.5 Å². The Labute approximate surface area is 147 Å². The van der Waals surface area contributed by atoms with Gasteiger partial charge in [0.05, 0.1) is 21.1 Å². The third-order valence-corrected chi connectivity index (χ3v) is 4.17. The smallest absolute Gasteiger partial charge is 0.158 e. The van der Waals surface area contributed by atoms with E-state index in [1.54, 1.807) is 36.8 Å². The predicted molar refractivity (Wildman–Crippen MR) is 96.9 cm³/mol. The molecule has 1 aromatic carbocycles. The number of hydrogen-bond acceptors (Lipinski definition) is 4. The second kappa shape index (κ2) is 6.11. The first-order valence-corrected chi connectivity index (χ1v) is 7.94. The van der Waals surface area contributed by atoms with Crippen LogP contribution in [-0.2, 0) is 0 Å². The molecule has 0 saturated heterocycles. The van der Waals surface area contributed by atoms with Gasteiger partial charge in [0, 0.05) is 24.3 Å². The molecule has 118 valence electrons. The van der Waals surface area contributed by atoms with Crippen LogP contribution in [0.15, 0.2) is 55.0 Å². The number of benzene rings is 1.